The first-order chi connectivity index (χ1) is 7.13. The topological polar surface area (TPSA) is 61.8 Å². The first kappa shape index (κ1) is 11.5. The molecule has 1 aromatic rings. The van der Waals surface area contributed by atoms with Gasteiger partial charge in [-0.25, -0.2) is 4.39 Å². The van der Waals surface area contributed by atoms with Gasteiger partial charge in [0, 0.05) is 12.6 Å². The lowest BCUT2D eigenvalue weighted by Crippen LogP contribution is -2.19. The molecule has 0 saturated carbocycles. The number of rotatable bonds is 4. The van der Waals surface area contributed by atoms with Crippen LogP contribution in [0.5, 0.6) is 0 Å². The fourth-order valence-electron chi connectivity index (χ4n) is 1.20. The maximum Gasteiger partial charge on any atom is 0.124 e. The SMILES string of the molecule is CC(N)CCNc1ccc(F)cc1C#N. The number of nitrogens with two attached hydrogens (primary N) is 1. The van der Waals surface area contributed by atoms with Crippen molar-refractivity contribution in [2.45, 2.75) is 19.4 Å². The van der Waals surface area contributed by atoms with Crippen molar-refractivity contribution in [2.75, 3.05) is 11.9 Å². The molecule has 0 aliphatic rings. The molecule has 0 radical (unpaired) electrons. The average molecular weight is 207 g/mol. The van der Waals surface area contributed by atoms with Crippen LogP contribution in [0.25, 0.3) is 0 Å². The molecule has 0 aromatic heterocycles. The highest BCUT2D eigenvalue weighted by Crippen LogP contribution is 2.15. The summed E-state index contributed by atoms with van der Waals surface area (Å²) in [5.41, 5.74) is 6.56. The Hall–Kier alpha value is -1.60. The van der Waals surface area contributed by atoms with Gasteiger partial charge in [-0.05, 0) is 31.5 Å². The molecule has 3 nitrogen and oxygen atoms in total. The second-order valence-corrected chi connectivity index (χ2v) is 3.49. The zero-order chi connectivity index (χ0) is 11.3. The van der Waals surface area contributed by atoms with Gasteiger partial charge >= 0.3 is 0 Å². The highest BCUT2D eigenvalue weighted by molar-refractivity contribution is 5.57. The second-order valence-electron chi connectivity index (χ2n) is 3.49. The Labute approximate surface area is 88.7 Å². The molecular formula is C11H14FN3. The van der Waals surface area contributed by atoms with Crippen LogP contribution in [0.15, 0.2) is 18.2 Å². The van der Waals surface area contributed by atoms with E-state index in [9.17, 15) is 4.39 Å². The molecule has 0 fully saturated rings. The van der Waals surface area contributed by atoms with Gasteiger partial charge in [0.05, 0.1) is 11.3 Å². The largest absolute Gasteiger partial charge is 0.384 e. The molecule has 0 aliphatic heterocycles. The first-order valence-corrected chi connectivity index (χ1v) is 4.82. The normalized spacial score (nSPS) is 11.9. The van der Waals surface area contributed by atoms with Crippen molar-refractivity contribution in [1.82, 2.24) is 0 Å². The Bertz CT molecular complexity index is 369. The Morgan fingerprint density at radius 2 is 2.33 bits per heavy atom. The highest BCUT2D eigenvalue weighted by atomic mass is 19.1. The van der Waals surface area contributed by atoms with Crippen molar-refractivity contribution in [3.63, 3.8) is 0 Å². The summed E-state index contributed by atoms with van der Waals surface area (Å²) >= 11 is 0. The first-order valence-electron chi connectivity index (χ1n) is 4.82. The van der Waals surface area contributed by atoms with Gasteiger partial charge in [-0.15, -0.1) is 0 Å². The number of nitrogens with one attached hydrogen (secondary N) is 1. The molecular weight excluding hydrogens is 193 g/mol. The molecule has 0 spiro atoms. The molecule has 4 heteroatoms. The minimum atomic E-state index is -0.399. The quantitative estimate of drug-likeness (QED) is 0.792. The van der Waals surface area contributed by atoms with E-state index in [0.717, 1.165) is 6.42 Å². The molecule has 1 atom stereocenters. The Morgan fingerprint density at radius 1 is 1.60 bits per heavy atom. The van der Waals surface area contributed by atoms with Gasteiger partial charge in [-0.2, -0.15) is 5.26 Å². The van der Waals surface area contributed by atoms with Crippen molar-refractivity contribution in [3.8, 4) is 6.07 Å². The fourth-order valence-corrected chi connectivity index (χ4v) is 1.20. The number of hydrogen-bond acceptors (Lipinski definition) is 3. The summed E-state index contributed by atoms with van der Waals surface area (Å²) in [5.74, 6) is -0.399. The number of nitrogens with zero attached hydrogens (tertiary/aromatic N) is 1. The lowest BCUT2D eigenvalue weighted by Gasteiger charge is -2.09. The van der Waals surface area contributed by atoms with E-state index in [0.29, 0.717) is 17.8 Å². The van der Waals surface area contributed by atoms with Crippen LogP contribution >= 0.6 is 0 Å². The Kier molecular flexibility index (Phi) is 4.07. The van der Waals surface area contributed by atoms with Crippen LogP contribution in [-0.2, 0) is 0 Å². The zero-order valence-corrected chi connectivity index (χ0v) is 8.63. The van der Waals surface area contributed by atoms with Crippen LogP contribution in [0.3, 0.4) is 0 Å². The molecule has 80 valence electrons. The fraction of sp³-hybridized carbons (Fsp3) is 0.364. The maximum atomic E-state index is 12.8. The predicted molar refractivity (Wildman–Crippen MR) is 57.9 cm³/mol. The molecule has 0 amide bonds. The van der Waals surface area contributed by atoms with Gasteiger partial charge in [0.15, 0.2) is 0 Å². The standard InChI is InChI=1S/C11H14FN3/c1-8(14)4-5-15-11-3-2-10(12)6-9(11)7-13/h2-3,6,8,15H,4-5,14H2,1H3. The number of anilines is 1. The summed E-state index contributed by atoms with van der Waals surface area (Å²) in [7, 11) is 0. The van der Waals surface area contributed by atoms with E-state index in [2.05, 4.69) is 5.32 Å². The summed E-state index contributed by atoms with van der Waals surface area (Å²) in [5, 5.41) is 11.8. The van der Waals surface area contributed by atoms with Gasteiger partial charge in [-0.1, -0.05) is 0 Å². The van der Waals surface area contributed by atoms with Crippen LogP contribution < -0.4 is 11.1 Å². The van der Waals surface area contributed by atoms with Gasteiger partial charge in [0.1, 0.15) is 11.9 Å². The van der Waals surface area contributed by atoms with Crippen LogP contribution in [-0.4, -0.2) is 12.6 Å². The van der Waals surface area contributed by atoms with E-state index in [1.54, 1.807) is 6.07 Å². The van der Waals surface area contributed by atoms with Crippen molar-refractivity contribution in [1.29, 1.82) is 5.26 Å². The van der Waals surface area contributed by atoms with Crippen LogP contribution in [0.2, 0.25) is 0 Å². The molecule has 0 saturated heterocycles. The highest BCUT2D eigenvalue weighted by Gasteiger charge is 2.03. The summed E-state index contributed by atoms with van der Waals surface area (Å²) < 4.78 is 12.8. The zero-order valence-electron chi connectivity index (χ0n) is 8.63. The molecule has 15 heavy (non-hydrogen) atoms. The van der Waals surface area contributed by atoms with Crippen LogP contribution in [0, 0.1) is 17.1 Å². The molecule has 1 unspecified atom stereocenters. The van der Waals surface area contributed by atoms with E-state index in [4.69, 9.17) is 11.0 Å². The maximum absolute atomic E-state index is 12.8. The number of hydrogen-bond donors (Lipinski definition) is 2. The van der Waals surface area contributed by atoms with E-state index in [-0.39, 0.29) is 6.04 Å². The van der Waals surface area contributed by atoms with Crippen LogP contribution in [0.1, 0.15) is 18.9 Å². The minimum absolute atomic E-state index is 0.114. The second kappa shape index (κ2) is 5.32. The predicted octanol–water partition coefficient (Wildman–Crippen LogP) is 1.85. The van der Waals surface area contributed by atoms with Crippen LogP contribution in [0.4, 0.5) is 10.1 Å². The summed E-state index contributed by atoms with van der Waals surface area (Å²) in [6.07, 6.45) is 0.808. The molecule has 1 aromatic carbocycles. The van der Waals surface area contributed by atoms with Gasteiger partial charge in [0.25, 0.3) is 0 Å². The molecule has 1 rings (SSSR count). The molecule has 0 aliphatic carbocycles. The Balaban J connectivity index is 2.65. The minimum Gasteiger partial charge on any atom is -0.384 e. The van der Waals surface area contributed by atoms with E-state index < -0.39 is 5.82 Å². The number of nitriles is 1. The summed E-state index contributed by atoms with van der Waals surface area (Å²) in [6, 6.07) is 6.16. The number of benzene rings is 1. The van der Waals surface area contributed by atoms with Crippen molar-refractivity contribution in [3.05, 3.63) is 29.6 Å². The summed E-state index contributed by atoms with van der Waals surface area (Å²) in [4.78, 5) is 0. The lowest BCUT2D eigenvalue weighted by molar-refractivity contribution is 0.627. The molecule has 0 heterocycles. The van der Waals surface area contributed by atoms with E-state index in [1.807, 2.05) is 13.0 Å². The van der Waals surface area contributed by atoms with Crippen molar-refractivity contribution in [2.24, 2.45) is 5.73 Å². The van der Waals surface area contributed by atoms with Gasteiger partial charge in [-0.3, -0.25) is 0 Å². The monoisotopic (exact) mass is 207 g/mol. The molecule has 0 bridgehead atoms. The third-order valence-corrected chi connectivity index (χ3v) is 2.02. The summed E-state index contributed by atoms with van der Waals surface area (Å²) in [6.45, 7) is 2.59. The van der Waals surface area contributed by atoms with Crippen molar-refractivity contribution < 1.29 is 4.39 Å². The Morgan fingerprint density at radius 3 is 2.93 bits per heavy atom. The third-order valence-electron chi connectivity index (χ3n) is 2.02. The smallest absolute Gasteiger partial charge is 0.124 e. The number of halogens is 1. The van der Waals surface area contributed by atoms with E-state index >= 15 is 0 Å². The van der Waals surface area contributed by atoms with E-state index in [1.165, 1.54) is 12.1 Å². The average Bonchev–Trinajstić information content (AvgIpc) is 2.19. The lowest BCUT2D eigenvalue weighted by atomic mass is 10.2. The molecule has 3 N–H and O–H groups in total. The third kappa shape index (κ3) is 3.56. The van der Waals surface area contributed by atoms with Gasteiger partial charge in [0.2, 0.25) is 0 Å². The van der Waals surface area contributed by atoms with Crippen molar-refractivity contribution >= 4 is 5.69 Å². The van der Waals surface area contributed by atoms with Gasteiger partial charge < -0.3 is 11.1 Å².